The minimum absolute atomic E-state index is 0.0181. The summed E-state index contributed by atoms with van der Waals surface area (Å²) in [6.07, 6.45) is 7.22. The summed E-state index contributed by atoms with van der Waals surface area (Å²) in [6.45, 7) is 1.90. The molecule has 268 valence electrons. The van der Waals surface area contributed by atoms with Crippen molar-refractivity contribution in [2.75, 3.05) is 19.6 Å². The molecule has 3 aromatic carbocycles. The Morgan fingerprint density at radius 1 is 0.704 bits per heavy atom. The van der Waals surface area contributed by atoms with E-state index in [1.54, 1.807) is 0 Å². The van der Waals surface area contributed by atoms with Crippen LogP contribution in [0.4, 0.5) is 0 Å². The maximum atomic E-state index is 13.6. The molecule has 0 saturated carbocycles. The van der Waals surface area contributed by atoms with Crippen LogP contribution in [0.3, 0.4) is 0 Å². The molecule has 8 rings (SSSR count). The van der Waals surface area contributed by atoms with Gasteiger partial charge >= 0.3 is 0 Å². The fourth-order valence-corrected chi connectivity index (χ4v) is 7.98. The quantitative estimate of drug-likeness (QED) is 0.147. The number of hydrogen-bond donors (Lipinski definition) is 4. The van der Waals surface area contributed by atoms with Crippen molar-refractivity contribution >= 4 is 33.6 Å². The summed E-state index contributed by atoms with van der Waals surface area (Å²) in [7, 11) is 11.7. The Balaban J connectivity index is 0.892. The lowest BCUT2D eigenvalue weighted by atomic mass is 10.0. The predicted octanol–water partition coefficient (Wildman–Crippen LogP) is 4.66. The predicted molar refractivity (Wildman–Crippen MR) is 210 cm³/mol. The van der Waals surface area contributed by atoms with E-state index in [0.29, 0.717) is 19.6 Å². The molecule has 2 saturated heterocycles. The summed E-state index contributed by atoms with van der Waals surface area (Å²) in [4.78, 5) is 48.8. The van der Waals surface area contributed by atoms with Gasteiger partial charge in [-0.1, -0.05) is 91.0 Å². The first-order chi connectivity index (χ1) is 26.5. The average molecular weight is 713 g/mol. The first kappa shape index (κ1) is 35.5. The molecule has 11 nitrogen and oxygen atoms in total. The molecule has 54 heavy (non-hydrogen) atoms. The number of imidazole rings is 1. The van der Waals surface area contributed by atoms with Gasteiger partial charge in [-0.3, -0.25) is 19.6 Å². The van der Waals surface area contributed by atoms with Gasteiger partial charge in [0.2, 0.25) is 11.8 Å². The van der Waals surface area contributed by atoms with Crippen LogP contribution >= 0.6 is 0 Å². The number of carbonyl (C=O) groups is 2. The summed E-state index contributed by atoms with van der Waals surface area (Å²) < 4.78 is 0. The highest BCUT2D eigenvalue weighted by molar-refractivity contribution is 6.07. The number of carbonyl (C=O) groups excluding carboxylic acids is 2. The molecule has 0 aliphatic carbocycles. The highest BCUT2D eigenvalue weighted by Crippen LogP contribution is 2.34. The Hall–Kier alpha value is -5.52. The van der Waals surface area contributed by atoms with Crippen molar-refractivity contribution in [3.05, 3.63) is 132 Å². The van der Waals surface area contributed by atoms with Crippen molar-refractivity contribution in [1.82, 2.24) is 40.5 Å². The summed E-state index contributed by atoms with van der Waals surface area (Å²) in [6, 6.07) is 29.9. The topological polar surface area (TPSA) is 131 Å². The SMILES string of the molecule is [B]N[C@@H](C(=O)N1CCC[C@H]1C1=NCC(c2ccc(-c3ccc(-c4cnc([C@@H]5CCCN5C(=O)[C@H](N[B])c5ccccc5)[nH]4)cc3)nc2)N1)c1ccccc1. The minimum atomic E-state index is -0.620. The van der Waals surface area contributed by atoms with Crippen molar-refractivity contribution in [2.45, 2.75) is 55.9 Å². The lowest BCUT2D eigenvalue weighted by Crippen LogP contribution is -2.48. The van der Waals surface area contributed by atoms with Crippen molar-refractivity contribution < 1.29 is 9.59 Å². The highest BCUT2D eigenvalue weighted by atomic mass is 16.2. The van der Waals surface area contributed by atoms with Gasteiger partial charge in [0.25, 0.3) is 0 Å². The largest absolute Gasteiger partial charge is 0.363 e. The second-order valence-electron chi connectivity index (χ2n) is 14.1. The van der Waals surface area contributed by atoms with E-state index >= 15 is 0 Å². The molecular formula is C41H41B2N9O2. The minimum Gasteiger partial charge on any atom is -0.363 e. The number of pyridine rings is 1. The number of benzene rings is 3. The smallest absolute Gasteiger partial charge is 0.243 e. The van der Waals surface area contributed by atoms with Gasteiger partial charge in [0.15, 0.2) is 16.0 Å². The Kier molecular flexibility index (Phi) is 10.4. The lowest BCUT2D eigenvalue weighted by Gasteiger charge is -2.29. The zero-order valence-electron chi connectivity index (χ0n) is 29.9. The van der Waals surface area contributed by atoms with Crippen molar-refractivity contribution in [2.24, 2.45) is 4.99 Å². The fraction of sp³-hybridized carbons (Fsp3) is 0.293. The first-order valence-corrected chi connectivity index (χ1v) is 18.6. The highest BCUT2D eigenvalue weighted by Gasteiger charge is 2.38. The van der Waals surface area contributed by atoms with Gasteiger partial charge in [-0.25, -0.2) is 4.98 Å². The number of amidine groups is 1. The number of nitrogens with zero attached hydrogens (tertiary/aromatic N) is 5. The monoisotopic (exact) mass is 713 g/mol. The molecule has 3 aliphatic rings. The Labute approximate surface area is 318 Å². The van der Waals surface area contributed by atoms with Gasteiger partial charge in [0.05, 0.1) is 42.3 Å². The zero-order chi connectivity index (χ0) is 37.0. The van der Waals surface area contributed by atoms with E-state index in [2.05, 4.69) is 51.1 Å². The number of aliphatic imine (C=N–C) groups is 1. The third-order valence-electron chi connectivity index (χ3n) is 10.8. The van der Waals surface area contributed by atoms with Crippen molar-refractivity contribution in [3.63, 3.8) is 0 Å². The average Bonchev–Trinajstić information content (AvgIpc) is 4.07. The van der Waals surface area contributed by atoms with E-state index in [9.17, 15) is 9.59 Å². The van der Waals surface area contributed by atoms with Gasteiger partial charge in [0, 0.05) is 24.8 Å². The number of amides is 2. The molecule has 5 aromatic rings. The van der Waals surface area contributed by atoms with Crippen molar-refractivity contribution in [3.8, 4) is 22.5 Å². The van der Waals surface area contributed by atoms with Crippen LogP contribution < -0.4 is 15.8 Å². The third-order valence-corrected chi connectivity index (χ3v) is 10.8. The molecule has 2 aromatic heterocycles. The van der Waals surface area contributed by atoms with Gasteiger partial charge in [-0.2, -0.15) is 0 Å². The van der Waals surface area contributed by atoms with E-state index in [-0.39, 0.29) is 29.9 Å². The second kappa shape index (κ2) is 15.8. The zero-order valence-corrected chi connectivity index (χ0v) is 29.9. The van der Waals surface area contributed by atoms with Crippen LogP contribution in [-0.2, 0) is 9.59 Å². The fourth-order valence-electron chi connectivity index (χ4n) is 7.98. The number of nitrogens with one attached hydrogen (secondary N) is 4. The molecule has 13 heteroatoms. The van der Waals surface area contributed by atoms with Crippen LogP contribution in [0, 0.1) is 0 Å². The standard InChI is InChI=1S/C41H41B2N9O2/c42-49-36(28-9-3-1-4-10-28)40(53)51-21-7-13-34(51)38-45-24-32(47-38)27-17-15-26(16-18-27)31-20-19-30(23-44-31)33-25-46-39(48-33)35-14-8-22-52(35)41(54)37(50-43)29-11-5-2-6-12-29/h1-6,9-12,15-20,23-24,33-37,49-50H,7-8,13-14,21-22,25H2,(H,45,47)(H,46,48)/t33?,34-,35-,36+,37+/m0/s1. The molecule has 1 unspecified atom stereocenters. The maximum Gasteiger partial charge on any atom is 0.243 e. The molecule has 4 N–H and O–H groups in total. The molecule has 2 fully saturated rings. The Bertz CT molecular complexity index is 2090. The molecule has 5 atom stereocenters. The normalized spacial score (nSPS) is 20.7. The number of H-pyrrole nitrogens is 1. The summed E-state index contributed by atoms with van der Waals surface area (Å²) in [5.41, 5.74) is 6.45. The molecule has 0 spiro atoms. The molecule has 3 aliphatic heterocycles. The van der Waals surface area contributed by atoms with Crippen LogP contribution in [0.2, 0.25) is 0 Å². The molecular weight excluding hydrogens is 672 g/mol. The summed E-state index contributed by atoms with van der Waals surface area (Å²) in [5.74, 6) is 1.50. The van der Waals surface area contributed by atoms with E-state index in [4.69, 9.17) is 30.9 Å². The van der Waals surface area contributed by atoms with Crippen LogP contribution in [-0.4, -0.2) is 84.0 Å². The van der Waals surface area contributed by atoms with Crippen LogP contribution in [0.25, 0.3) is 22.5 Å². The van der Waals surface area contributed by atoms with Crippen LogP contribution in [0.5, 0.6) is 0 Å². The summed E-state index contributed by atoms with van der Waals surface area (Å²) in [5, 5.41) is 9.01. The van der Waals surface area contributed by atoms with Crippen LogP contribution in [0.1, 0.15) is 72.4 Å². The lowest BCUT2D eigenvalue weighted by molar-refractivity contribution is -0.134. The van der Waals surface area contributed by atoms with E-state index in [1.165, 1.54) is 0 Å². The number of likely N-dealkylation sites (tertiary alicyclic amines) is 2. The molecule has 2 amide bonds. The van der Waals surface area contributed by atoms with Crippen LogP contribution in [0.15, 0.2) is 114 Å². The maximum absolute atomic E-state index is 13.6. The first-order valence-electron chi connectivity index (χ1n) is 18.6. The third kappa shape index (κ3) is 7.09. The Morgan fingerprint density at radius 3 is 1.89 bits per heavy atom. The van der Waals surface area contributed by atoms with E-state index < -0.39 is 12.1 Å². The van der Waals surface area contributed by atoms with Gasteiger partial charge in [0.1, 0.15) is 23.7 Å². The molecule has 5 heterocycles. The second-order valence-corrected chi connectivity index (χ2v) is 14.1. The Morgan fingerprint density at radius 2 is 1.30 bits per heavy atom. The van der Waals surface area contributed by atoms with E-state index in [1.807, 2.05) is 88.9 Å². The van der Waals surface area contributed by atoms with Crippen molar-refractivity contribution in [1.29, 1.82) is 0 Å². The molecule has 0 bridgehead atoms. The number of rotatable bonds is 11. The van der Waals surface area contributed by atoms with Gasteiger partial charge in [-0.05, 0) is 54.0 Å². The number of aromatic amines is 1. The van der Waals surface area contributed by atoms with E-state index in [0.717, 1.165) is 76.5 Å². The van der Waals surface area contributed by atoms with Gasteiger partial charge in [-0.15, -0.1) is 0 Å². The number of aromatic nitrogens is 3. The summed E-state index contributed by atoms with van der Waals surface area (Å²) >= 11 is 0. The van der Waals surface area contributed by atoms with Gasteiger partial charge < -0.3 is 30.6 Å². The molecule has 4 radical (unpaired) electrons. The number of hydrogen-bond acceptors (Lipinski definition) is 8.